The summed E-state index contributed by atoms with van der Waals surface area (Å²) in [6.45, 7) is 12.3. The van der Waals surface area contributed by atoms with Gasteiger partial charge in [-0.1, -0.05) is 53.9 Å². The van der Waals surface area contributed by atoms with Crippen molar-refractivity contribution in [1.29, 1.82) is 0 Å². The average Bonchev–Trinajstić information content (AvgIpc) is 2.93. The first kappa shape index (κ1) is 22.1. The van der Waals surface area contributed by atoms with Crippen molar-refractivity contribution in [2.75, 3.05) is 0 Å². The number of aliphatic hydroxyl groups is 2. The maximum absolute atomic E-state index is 11.3. The third-order valence-electron chi connectivity index (χ3n) is 10.8. The van der Waals surface area contributed by atoms with Crippen LogP contribution in [0.25, 0.3) is 0 Å². The molecule has 168 valence electrons. The van der Waals surface area contributed by atoms with E-state index in [1.807, 2.05) is 0 Å². The fourth-order valence-corrected chi connectivity index (χ4v) is 9.28. The van der Waals surface area contributed by atoms with Gasteiger partial charge in [-0.15, -0.1) is 0 Å². The lowest BCUT2D eigenvalue weighted by Gasteiger charge is -2.61. The Balaban J connectivity index is 1.51. The first-order chi connectivity index (χ1) is 13.7. The van der Waals surface area contributed by atoms with Crippen LogP contribution >= 0.6 is 0 Å². The van der Waals surface area contributed by atoms with E-state index in [0.717, 1.165) is 37.0 Å². The Kier molecular flexibility index (Phi) is 6.19. The Hall–Kier alpha value is -0.0800. The van der Waals surface area contributed by atoms with Crippen molar-refractivity contribution >= 4 is 0 Å². The van der Waals surface area contributed by atoms with E-state index >= 15 is 0 Å². The van der Waals surface area contributed by atoms with E-state index in [1.54, 1.807) is 0 Å². The van der Waals surface area contributed by atoms with Gasteiger partial charge in [-0.3, -0.25) is 0 Å². The van der Waals surface area contributed by atoms with E-state index in [4.69, 9.17) is 0 Å². The Morgan fingerprint density at radius 3 is 2.31 bits per heavy atom. The van der Waals surface area contributed by atoms with Gasteiger partial charge < -0.3 is 10.2 Å². The molecule has 0 saturated heterocycles. The van der Waals surface area contributed by atoms with Crippen LogP contribution in [-0.2, 0) is 0 Å². The Bertz CT molecular complexity index is 573. The molecule has 4 saturated carbocycles. The fraction of sp³-hybridized carbons (Fsp3) is 1.00. The first-order valence-corrected chi connectivity index (χ1v) is 13.0. The van der Waals surface area contributed by atoms with E-state index in [9.17, 15) is 10.2 Å². The normalized spacial score (nSPS) is 50.7. The van der Waals surface area contributed by atoms with Gasteiger partial charge in [-0.25, -0.2) is 0 Å². The van der Waals surface area contributed by atoms with Gasteiger partial charge in [0.05, 0.1) is 12.2 Å². The zero-order chi connectivity index (χ0) is 21.0. The summed E-state index contributed by atoms with van der Waals surface area (Å²) >= 11 is 0. The van der Waals surface area contributed by atoms with Crippen LogP contribution in [0.4, 0.5) is 0 Å². The molecular formula is C27H48O2. The average molecular weight is 405 g/mol. The van der Waals surface area contributed by atoms with Crippen LogP contribution in [0.15, 0.2) is 0 Å². The standard InChI is InChI=1S/C27H48O2/c1-17(2)7-6-8-18(3)23-16-24(29)25-21-10-9-19-15-20(28)11-13-26(19,4)22(21)12-14-27(23,25)5/h17-25,28-29H,6-16H2,1-5H3/t18-,19?,20+,21-,22+,23-,24-,25-,26+,27-/m1/s1. The summed E-state index contributed by atoms with van der Waals surface area (Å²) in [6, 6.07) is 0. The zero-order valence-electron chi connectivity index (χ0n) is 19.9. The maximum atomic E-state index is 11.3. The van der Waals surface area contributed by atoms with Crippen LogP contribution in [0, 0.1) is 52.3 Å². The van der Waals surface area contributed by atoms with Gasteiger partial charge in [0.1, 0.15) is 0 Å². The Labute approximate surface area is 180 Å². The minimum absolute atomic E-state index is 0.0633. The third-order valence-corrected chi connectivity index (χ3v) is 10.8. The molecule has 2 N–H and O–H groups in total. The van der Waals surface area contributed by atoms with Crippen LogP contribution in [0.5, 0.6) is 0 Å². The molecule has 0 bridgehead atoms. The summed E-state index contributed by atoms with van der Waals surface area (Å²) in [4.78, 5) is 0. The monoisotopic (exact) mass is 404 g/mol. The van der Waals surface area contributed by atoms with Crippen molar-refractivity contribution in [2.24, 2.45) is 52.3 Å². The summed E-state index contributed by atoms with van der Waals surface area (Å²) in [6.07, 6.45) is 13.4. The second-order valence-corrected chi connectivity index (χ2v) is 12.8. The molecule has 4 aliphatic carbocycles. The number of fused-ring (bicyclic) bond motifs is 5. The molecule has 0 aromatic carbocycles. The molecular weight excluding hydrogens is 356 g/mol. The Morgan fingerprint density at radius 2 is 1.59 bits per heavy atom. The minimum atomic E-state index is -0.0836. The van der Waals surface area contributed by atoms with Crippen molar-refractivity contribution in [3.8, 4) is 0 Å². The van der Waals surface area contributed by atoms with Crippen molar-refractivity contribution in [1.82, 2.24) is 0 Å². The molecule has 0 amide bonds. The molecule has 4 fully saturated rings. The largest absolute Gasteiger partial charge is 0.393 e. The molecule has 10 atom stereocenters. The second-order valence-electron chi connectivity index (χ2n) is 12.8. The molecule has 4 aliphatic rings. The lowest BCUT2D eigenvalue weighted by molar-refractivity contribution is -0.142. The van der Waals surface area contributed by atoms with E-state index in [-0.39, 0.29) is 12.2 Å². The zero-order valence-corrected chi connectivity index (χ0v) is 19.9. The van der Waals surface area contributed by atoms with Gasteiger partial charge in [0.25, 0.3) is 0 Å². The molecule has 4 rings (SSSR count). The van der Waals surface area contributed by atoms with Crippen molar-refractivity contribution in [3.05, 3.63) is 0 Å². The summed E-state index contributed by atoms with van der Waals surface area (Å²) in [5, 5.41) is 21.6. The summed E-state index contributed by atoms with van der Waals surface area (Å²) in [5.41, 5.74) is 0.749. The van der Waals surface area contributed by atoms with E-state index in [0.29, 0.717) is 34.5 Å². The van der Waals surface area contributed by atoms with Gasteiger partial charge in [0.15, 0.2) is 0 Å². The molecule has 0 spiro atoms. The summed E-state index contributed by atoms with van der Waals surface area (Å²) in [5.74, 6) is 4.97. The quantitative estimate of drug-likeness (QED) is 0.553. The van der Waals surface area contributed by atoms with Crippen LogP contribution in [0.3, 0.4) is 0 Å². The highest BCUT2D eigenvalue weighted by Crippen LogP contribution is 2.68. The molecule has 0 aliphatic heterocycles. The van der Waals surface area contributed by atoms with Gasteiger partial charge in [0, 0.05) is 0 Å². The van der Waals surface area contributed by atoms with E-state index in [1.165, 1.54) is 51.4 Å². The highest BCUT2D eigenvalue weighted by molar-refractivity contribution is 5.12. The molecule has 0 heterocycles. The highest BCUT2D eigenvalue weighted by atomic mass is 16.3. The molecule has 29 heavy (non-hydrogen) atoms. The molecule has 2 heteroatoms. The van der Waals surface area contributed by atoms with Crippen molar-refractivity contribution < 1.29 is 10.2 Å². The minimum Gasteiger partial charge on any atom is -0.393 e. The van der Waals surface area contributed by atoms with Crippen molar-refractivity contribution in [2.45, 2.75) is 117 Å². The summed E-state index contributed by atoms with van der Waals surface area (Å²) < 4.78 is 0. The lowest BCUT2D eigenvalue weighted by atomic mass is 9.44. The predicted octanol–water partition coefficient (Wildman–Crippen LogP) is 6.44. The maximum Gasteiger partial charge on any atom is 0.0579 e. The van der Waals surface area contributed by atoms with Crippen LogP contribution < -0.4 is 0 Å². The smallest absolute Gasteiger partial charge is 0.0579 e. The fourth-order valence-electron chi connectivity index (χ4n) is 9.28. The predicted molar refractivity (Wildman–Crippen MR) is 120 cm³/mol. The van der Waals surface area contributed by atoms with Crippen molar-refractivity contribution in [3.63, 3.8) is 0 Å². The molecule has 0 radical (unpaired) electrons. The molecule has 0 aromatic heterocycles. The van der Waals surface area contributed by atoms with Gasteiger partial charge in [-0.05, 0) is 104 Å². The molecule has 0 aromatic rings. The second kappa shape index (κ2) is 8.12. The molecule has 2 nitrogen and oxygen atoms in total. The highest BCUT2D eigenvalue weighted by Gasteiger charge is 2.63. The topological polar surface area (TPSA) is 40.5 Å². The lowest BCUT2D eigenvalue weighted by Crippen LogP contribution is -2.55. The van der Waals surface area contributed by atoms with Gasteiger partial charge in [0.2, 0.25) is 0 Å². The number of aliphatic hydroxyl groups excluding tert-OH is 2. The van der Waals surface area contributed by atoms with E-state index in [2.05, 4.69) is 34.6 Å². The Morgan fingerprint density at radius 1 is 0.862 bits per heavy atom. The van der Waals surface area contributed by atoms with Crippen LogP contribution in [0.2, 0.25) is 0 Å². The van der Waals surface area contributed by atoms with Crippen LogP contribution in [-0.4, -0.2) is 22.4 Å². The SMILES string of the molecule is CC(C)CCC[C@@H](C)[C@H]1C[C@@H](O)[C@H]2[C@@H]3CCC4C[C@@H](O)CC[C@]4(C)[C@H]3CC[C@@]21C. The first-order valence-electron chi connectivity index (χ1n) is 13.0. The summed E-state index contributed by atoms with van der Waals surface area (Å²) in [7, 11) is 0. The van der Waals surface area contributed by atoms with Crippen LogP contribution in [0.1, 0.15) is 105 Å². The third kappa shape index (κ3) is 3.73. The van der Waals surface area contributed by atoms with Gasteiger partial charge >= 0.3 is 0 Å². The molecule has 1 unspecified atom stereocenters. The number of hydrogen-bond acceptors (Lipinski definition) is 2. The number of rotatable bonds is 5. The number of hydrogen-bond donors (Lipinski definition) is 2. The van der Waals surface area contributed by atoms with Gasteiger partial charge in [-0.2, -0.15) is 0 Å². The van der Waals surface area contributed by atoms with E-state index < -0.39 is 0 Å².